The zero-order chi connectivity index (χ0) is 14.2. The van der Waals surface area contributed by atoms with Crippen LogP contribution in [0.1, 0.15) is 32.3 Å². The summed E-state index contributed by atoms with van der Waals surface area (Å²) in [6.45, 7) is 6.17. The van der Waals surface area contributed by atoms with Gasteiger partial charge in [-0.25, -0.2) is 0 Å². The maximum absolute atomic E-state index is 9.52. The minimum absolute atomic E-state index is 0.0232. The van der Waals surface area contributed by atoms with Crippen molar-refractivity contribution < 1.29 is 4.42 Å². The van der Waals surface area contributed by atoms with Crippen molar-refractivity contribution in [1.29, 1.82) is 5.26 Å². The Morgan fingerprint density at radius 1 is 1.40 bits per heavy atom. The Labute approximate surface area is 119 Å². The number of para-hydroxylation sites is 1. The van der Waals surface area contributed by atoms with Gasteiger partial charge in [-0.05, 0) is 30.9 Å². The molecule has 0 saturated carbocycles. The van der Waals surface area contributed by atoms with E-state index in [-0.39, 0.29) is 11.5 Å². The molecule has 104 valence electrons. The smallest absolute Gasteiger partial charge is 0.134 e. The molecular formula is C17H20N2O. The quantitative estimate of drug-likeness (QED) is 0.828. The third-order valence-electron chi connectivity index (χ3n) is 4.43. The monoisotopic (exact) mass is 268 g/mol. The third-order valence-corrected chi connectivity index (χ3v) is 4.43. The van der Waals surface area contributed by atoms with E-state index in [0.29, 0.717) is 0 Å². The number of rotatable bonds is 2. The summed E-state index contributed by atoms with van der Waals surface area (Å²) in [5.74, 6) is 0. The lowest BCUT2D eigenvalue weighted by Crippen LogP contribution is -2.48. The first kappa shape index (κ1) is 13.2. The van der Waals surface area contributed by atoms with Gasteiger partial charge in [-0.2, -0.15) is 5.26 Å². The third kappa shape index (κ3) is 2.21. The van der Waals surface area contributed by atoms with Crippen LogP contribution in [-0.2, 0) is 6.54 Å². The number of likely N-dealkylation sites (tertiary alicyclic amines) is 1. The zero-order valence-corrected chi connectivity index (χ0v) is 12.1. The van der Waals surface area contributed by atoms with E-state index in [1.54, 1.807) is 0 Å². The fourth-order valence-corrected chi connectivity index (χ4v) is 3.30. The molecule has 0 aliphatic carbocycles. The highest BCUT2D eigenvalue weighted by atomic mass is 16.3. The van der Waals surface area contributed by atoms with E-state index in [0.717, 1.165) is 36.9 Å². The van der Waals surface area contributed by atoms with Crippen LogP contribution in [0, 0.1) is 16.7 Å². The molecular weight excluding hydrogens is 248 g/mol. The second-order valence-electron chi connectivity index (χ2n) is 6.35. The maximum Gasteiger partial charge on any atom is 0.134 e. The number of benzene rings is 1. The molecule has 2 heterocycles. The van der Waals surface area contributed by atoms with Crippen molar-refractivity contribution in [1.82, 2.24) is 4.90 Å². The van der Waals surface area contributed by atoms with Gasteiger partial charge in [0.2, 0.25) is 0 Å². The minimum atomic E-state index is -0.0232. The molecule has 3 rings (SSSR count). The Morgan fingerprint density at radius 2 is 2.20 bits per heavy atom. The first-order valence-corrected chi connectivity index (χ1v) is 7.20. The predicted octanol–water partition coefficient (Wildman–Crippen LogP) is 3.95. The average molecular weight is 268 g/mol. The highest BCUT2D eigenvalue weighted by molar-refractivity contribution is 5.80. The molecule has 1 fully saturated rings. The van der Waals surface area contributed by atoms with Gasteiger partial charge in [-0.1, -0.05) is 32.0 Å². The highest BCUT2D eigenvalue weighted by Crippen LogP contribution is 2.36. The van der Waals surface area contributed by atoms with Crippen molar-refractivity contribution in [3.05, 3.63) is 36.1 Å². The molecule has 2 aromatic rings. The van der Waals surface area contributed by atoms with Gasteiger partial charge in [0.25, 0.3) is 0 Å². The van der Waals surface area contributed by atoms with Gasteiger partial charge in [-0.3, -0.25) is 4.90 Å². The molecule has 1 saturated heterocycles. The zero-order valence-electron chi connectivity index (χ0n) is 12.1. The lowest BCUT2D eigenvalue weighted by molar-refractivity contribution is 0.0663. The number of nitriles is 1. The topological polar surface area (TPSA) is 40.2 Å². The van der Waals surface area contributed by atoms with Crippen LogP contribution in [0.15, 0.2) is 34.9 Å². The molecule has 3 heteroatoms. The summed E-state index contributed by atoms with van der Waals surface area (Å²) in [6, 6.07) is 10.6. The fourth-order valence-electron chi connectivity index (χ4n) is 3.30. The Morgan fingerprint density at radius 3 is 3.00 bits per heavy atom. The second kappa shape index (κ2) is 4.96. The van der Waals surface area contributed by atoms with Crippen LogP contribution in [0.5, 0.6) is 0 Å². The number of piperidine rings is 1. The Hall–Kier alpha value is -1.79. The van der Waals surface area contributed by atoms with E-state index in [9.17, 15) is 5.26 Å². The molecule has 0 spiro atoms. The van der Waals surface area contributed by atoms with Crippen LogP contribution < -0.4 is 0 Å². The van der Waals surface area contributed by atoms with E-state index in [1.165, 1.54) is 5.56 Å². The van der Waals surface area contributed by atoms with E-state index in [4.69, 9.17) is 4.42 Å². The van der Waals surface area contributed by atoms with E-state index in [2.05, 4.69) is 30.9 Å². The minimum Gasteiger partial charge on any atom is -0.464 e. The van der Waals surface area contributed by atoms with Gasteiger partial charge in [0.15, 0.2) is 0 Å². The lowest BCUT2D eigenvalue weighted by Gasteiger charge is -2.42. The first-order valence-electron chi connectivity index (χ1n) is 7.20. The number of fused-ring (bicyclic) bond motifs is 1. The van der Waals surface area contributed by atoms with Gasteiger partial charge in [0.1, 0.15) is 11.6 Å². The molecule has 1 aromatic carbocycles. The van der Waals surface area contributed by atoms with Gasteiger partial charge < -0.3 is 4.42 Å². The largest absolute Gasteiger partial charge is 0.464 e. The van der Waals surface area contributed by atoms with E-state index < -0.39 is 0 Å². The number of furan rings is 1. The van der Waals surface area contributed by atoms with Crippen molar-refractivity contribution in [2.75, 3.05) is 6.54 Å². The van der Waals surface area contributed by atoms with E-state index >= 15 is 0 Å². The molecule has 20 heavy (non-hydrogen) atoms. The molecule has 1 aliphatic heterocycles. The molecule has 1 unspecified atom stereocenters. The summed E-state index contributed by atoms with van der Waals surface area (Å²) < 4.78 is 5.60. The van der Waals surface area contributed by atoms with Crippen LogP contribution >= 0.6 is 0 Å². The van der Waals surface area contributed by atoms with Crippen molar-refractivity contribution in [2.45, 2.75) is 39.3 Å². The summed E-state index contributed by atoms with van der Waals surface area (Å²) in [6.07, 6.45) is 4.11. The number of hydrogen-bond acceptors (Lipinski definition) is 3. The Bertz CT molecular complexity index is 650. The van der Waals surface area contributed by atoms with Crippen molar-refractivity contribution in [3.63, 3.8) is 0 Å². The Kier molecular flexibility index (Phi) is 3.27. The SMILES string of the molecule is CC1(C)CCCN(Cc2coc3ccccc23)C1C#N. The van der Waals surface area contributed by atoms with Crippen molar-refractivity contribution in [3.8, 4) is 6.07 Å². The number of nitrogens with zero attached hydrogens (tertiary/aromatic N) is 2. The van der Waals surface area contributed by atoms with Crippen LogP contribution in [0.3, 0.4) is 0 Å². The molecule has 1 atom stereocenters. The fraction of sp³-hybridized carbons (Fsp3) is 0.471. The predicted molar refractivity (Wildman–Crippen MR) is 79.0 cm³/mol. The molecule has 0 amide bonds. The van der Waals surface area contributed by atoms with Crippen molar-refractivity contribution in [2.24, 2.45) is 5.41 Å². The van der Waals surface area contributed by atoms with Gasteiger partial charge >= 0.3 is 0 Å². The van der Waals surface area contributed by atoms with E-state index in [1.807, 2.05) is 24.5 Å². The van der Waals surface area contributed by atoms with Crippen LogP contribution in [0.25, 0.3) is 11.0 Å². The molecule has 0 N–H and O–H groups in total. The number of hydrogen-bond donors (Lipinski definition) is 0. The van der Waals surface area contributed by atoms with Crippen LogP contribution in [-0.4, -0.2) is 17.5 Å². The average Bonchev–Trinajstić information content (AvgIpc) is 2.82. The summed E-state index contributed by atoms with van der Waals surface area (Å²) in [5, 5.41) is 10.7. The van der Waals surface area contributed by atoms with Gasteiger partial charge in [0, 0.05) is 17.5 Å². The second-order valence-corrected chi connectivity index (χ2v) is 6.35. The highest BCUT2D eigenvalue weighted by Gasteiger charge is 2.37. The summed E-state index contributed by atoms with van der Waals surface area (Å²) in [4.78, 5) is 2.29. The van der Waals surface area contributed by atoms with Gasteiger partial charge in [0.05, 0.1) is 12.3 Å². The summed E-state index contributed by atoms with van der Waals surface area (Å²) in [5.41, 5.74) is 2.16. The van der Waals surface area contributed by atoms with Crippen LogP contribution in [0.4, 0.5) is 0 Å². The Balaban J connectivity index is 1.88. The lowest BCUT2D eigenvalue weighted by atomic mass is 9.77. The standard InChI is InChI=1S/C17H20N2O/c1-17(2)8-5-9-19(16(17)10-18)11-13-12-20-15-7-4-3-6-14(13)15/h3-4,6-7,12,16H,5,8-9,11H2,1-2H3. The molecule has 1 aromatic heterocycles. The van der Waals surface area contributed by atoms with Crippen molar-refractivity contribution >= 4 is 11.0 Å². The summed E-state index contributed by atoms with van der Waals surface area (Å²) >= 11 is 0. The molecule has 0 radical (unpaired) electrons. The van der Waals surface area contributed by atoms with Gasteiger partial charge in [-0.15, -0.1) is 0 Å². The molecule has 0 bridgehead atoms. The van der Waals surface area contributed by atoms with Crippen LogP contribution in [0.2, 0.25) is 0 Å². The first-order chi connectivity index (χ1) is 9.62. The normalized spacial score (nSPS) is 22.8. The molecule has 3 nitrogen and oxygen atoms in total. The summed E-state index contributed by atoms with van der Waals surface area (Å²) in [7, 11) is 0. The maximum atomic E-state index is 9.52. The molecule has 1 aliphatic rings.